The number of carbonyl (C=O) groups is 1. The van der Waals surface area contributed by atoms with Crippen LogP contribution in [0.15, 0.2) is 54.1 Å². The van der Waals surface area contributed by atoms with Crippen molar-refractivity contribution in [3.63, 3.8) is 0 Å². The van der Waals surface area contributed by atoms with E-state index in [1.807, 2.05) is 13.8 Å². The Balaban J connectivity index is 1.72. The summed E-state index contributed by atoms with van der Waals surface area (Å²) in [5, 5.41) is 12.0. The number of nitrogens with zero attached hydrogens (tertiary/aromatic N) is 2. The molecule has 11 heteroatoms. The van der Waals surface area contributed by atoms with Crippen LogP contribution in [-0.2, 0) is 21.7 Å². The minimum atomic E-state index is -2.28. The van der Waals surface area contributed by atoms with Crippen LogP contribution in [0.2, 0.25) is 0 Å². The highest BCUT2D eigenvalue weighted by Crippen LogP contribution is 2.47. The van der Waals surface area contributed by atoms with Crippen molar-refractivity contribution in [2.24, 2.45) is 0 Å². The molecule has 5 rings (SSSR count). The molecule has 208 valence electrons. The third kappa shape index (κ3) is 4.82. The lowest BCUT2D eigenvalue weighted by atomic mass is 9.87. The van der Waals surface area contributed by atoms with Crippen molar-refractivity contribution in [1.82, 2.24) is 8.75 Å². The molecule has 2 heterocycles. The molecule has 0 saturated carbocycles. The van der Waals surface area contributed by atoms with Crippen LogP contribution in [0.5, 0.6) is 23.0 Å². The predicted octanol–water partition coefficient (Wildman–Crippen LogP) is 5.04. The molecule has 1 unspecified atom stereocenters. The second-order valence-electron chi connectivity index (χ2n) is 9.38. The van der Waals surface area contributed by atoms with E-state index in [0.717, 1.165) is 17.8 Å². The molecule has 3 aromatic carbocycles. The van der Waals surface area contributed by atoms with Crippen LogP contribution < -0.4 is 18.9 Å². The van der Waals surface area contributed by atoms with Crippen molar-refractivity contribution in [2.75, 3.05) is 21.3 Å². The van der Waals surface area contributed by atoms with Crippen molar-refractivity contribution in [1.29, 1.82) is 0 Å². The van der Waals surface area contributed by atoms with Gasteiger partial charge in [0.1, 0.15) is 11.0 Å². The number of methoxy groups -OCH3 is 3. The average Bonchev–Trinajstić information content (AvgIpc) is 3.49. The first-order valence-corrected chi connectivity index (χ1v) is 13.1. The molecule has 4 aromatic rings. The molecule has 1 aliphatic rings. The second-order valence-corrected chi connectivity index (χ2v) is 9.91. The Hall–Kier alpha value is -4.22. The molecule has 0 bridgehead atoms. The summed E-state index contributed by atoms with van der Waals surface area (Å²) in [6, 6.07) is 12.5. The van der Waals surface area contributed by atoms with Gasteiger partial charge in [-0.2, -0.15) is 8.75 Å². The van der Waals surface area contributed by atoms with Gasteiger partial charge in [-0.25, -0.2) is 9.18 Å². The Kier molecular flexibility index (Phi) is 7.35. The average molecular weight is 567 g/mol. The van der Waals surface area contributed by atoms with Gasteiger partial charge in [-0.1, -0.05) is 6.07 Å². The van der Waals surface area contributed by atoms with Gasteiger partial charge in [-0.3, -0.25) is 0 Å². The van der Waals surface area contributed by atoms with Gasteiger partial charge in [0.15, 0.2) is 23.1 Å². The number of hydrogen-bond acceptors (Lipinski definition) is 10. The first-order chi connectivity index (χ1) is 19.2. The van der Waals surface area contributed by atoms with E-state index in [1.165, 1.54) is 33.5 Å². The van der Waals surface area contributed by atoms with E-state index in [9.17, 15) is 14.3 Å². The number of fused-ring (bicyclic) bond motifs is 1. The zero-order chi connectivity index (χ0) is 28.6. The maximum Gasteiger partial charge on any atom is 0.342 e. The number of hydrogen-bond donors (Lipinski definition) is 1. The van der Waals surface area contributed by atoms with Gasteiger partial charge in [0, 0.05) is 17.6 Å². The molecule has 0 amide bonds. The van der Waals surface area contributed by atoms with Gasteiger partial charge in [0.05, 0.1) is 44.7 Å². The lowest BCUT2D eigenvalue weighted by Crippen LogP contribution is -2.30. The highest BCUT2D eigenvalue weighted by molar-refractivity contribution is 7.00. The monoisotopic (exact) mass is 566 g/mol. The first kappa shape index (κ1) is 27.4. The first-order valence-electron chi connectivity index (χ1n) is 12.4. The van der Waals surface area contributed by atoms with Crippen LogP contribution in [0.1, 0.15) is 30.5 Å². The molecule has 0 saturated heterocycles. The molecule has 0 radical (unpaired) electrons. The van der Waals surface area contributed by atoms with Gasteiger partial charge in [-0.05, 0) is 67.4 Å². The van der Waals surface area contributed by atoms with Crippen molar-refractivity contribution in [3.8, 4) is 23.0 Å². The normalized spacial score (nSPS) is 16.9. The van der Waals surface area contributed by atoms with Gasteiger partial charge in [0.25, 0.3) is 5.79 Å². The van der Waals surface area contributed by atoms with Crippen molar-refractivity contribution >= 4 is 34.3 Å². The maximum atomic E-state index is 14.8. The van der Waals surface area contributed by atoms with E-state index in [0.29, 0.717) is 39.4 Å². The quantitative estimate of drug-likeness (QED) is 0.279. The molecule has 1 aromatic heterocycles. The molecular formula is C29H27FN2O7S. The fourth-order valence-corrected chi connectivity index (χ4v) is 5.24. The molecule has 1 N–H and O–H groups in total. The van der Waals surface area contributed by atoms with E-state index in [-0.39, 0.29) is 35.0 Å². The van der Waals surface area contributed by atoms with Crippen molar-refractivity contribution in [3.05, 3.63) is 76.6 Å². The molecule has 0 fully saturated rings. The molecule has 1 atom stereocenters. The van der Waals surface area contributed by atoms with E-state index >= 15 is 0 Å². The van der Waals surface area contributed by atoms with Crippen molar-refractivity contribution in [2.45, 2.75) is 32.2 Å². The van der Waals surface area contributed by atoms with Crippen LogP contribution in [0.3, 0.4) is 0 Å². The predicted molar refractivity (Wildman–Crippen MR) is 146 cm³/mol. The van der Waals surface area contributed by atoms with Crippen LogP contribution in [0.4, 0.5) is 4.39 Å². The Bertz CT molecular complexity index is 1630. The minimum absolute atomic E-state index is 0.0146. The largest absolute Gasteiger partial charge is 0.494 e. The van der Waals surface area contributed by atoms with Gasteiger partial charge in [0.2, 0.25) is 5.75 Å². The van der Waals surface area contributed by atoms with Gasteiger partial charge in [-0.15, -0.1) is 0 Å². The number of aromatic nitrogens is 2. The fourth-order valence-electron chi connectivity index (χ4n) is 4.72. The lowest BCUT2D eigenvalue weighted by Gasteiger charge is -2.26. The zero-order valence-electron chi connectivity index (χ0n) is 22.5. The number of carbonyl (C=O) groups excluding carboxylic acids is 1. The van der Waals surface area contributed by atoms with Gasteiger partial charge < -0.3 is 28.8 Å². The Labute approximate surface area is 234 Å². The maximum absolute atomic E-state index is 14.8. The van der Waals surface area contributed by atoms with Crippen LogP contribution in [0, 0.1) is 5.82 Å². The Morgan fingerprint density at radius 2 is 1.68 bits per heavy atom. The smallest absolute Gasteiger partial charge is 0.342 e. The van der Waals surface area contributed by atoms with E-state index in [4.69, 9.17) is 23.7 Å². The molecule has 1 aliphatic heterocycles. The summed E-state index contributed by atoms with van der Waals surface area (Å²) in [4.78, 5) is 13.4. The standard InChI is InChI=1S/C29H27FN2O7S/c1-15(2)38-25-12-16(11-24(36-4)27(25)37-5)10-19-26(17-6-8-21-22(13-17)32-40-31-21)28(33)39-29(19,34)18-7-9-23(35-3)20(30)14-18/h6-9,11-15,34H,10H2,1-5H3. The molecule has 0 aliphatic carbocycles. The number of rotatable bonds is 9. The number of benzene rings is 3. The zero-order valence-corrected chi connectivity index (χ0v) is 23.3. The topological polar surface area (TPSA) is 109 Å². The lowest BCUT2D eigenvalue weighted by molar-refractivity contribution is -0.185. The Morgan fingerprint density at radius 1 is 0.950 bits per heavy atom. The van der Waals surface area contributed by atoms with Crippen LogP contribution in [0.25, 0.3) is 16.6 Å². The molecule has 9 nitrogen and oxygen atoms in total. The summed E-state index contributed by atoms with van der Waals surface area (Å²) in [6.45, 7) is 3.76. The second kappa shape index (κ2) is 10.7. The number of halogens is 1. The number of cyclic esters (lactones) is 1. The fraction of sp³-hybridized carbons (Fsp3) is 0.276. The number of aliphatic hydroxyl groups is 1. The summed E-state index contributed by atoms with van der Waals surface area (Å²) in [5.74, 6) is -2.55. The third-order valence-corrected chi connectivity index (χ3v) is 7.05. The highest BCUT2D eigenvalue weighted by atomic mass is 32.1. The number of esters is 1. The molecule has 0 spiro atoms. The summed E-state index contributed by atoms with van der Waals surface area (Å²) in [7, 11) is 4.35. The summed E-state index contributed by atoms with van der Waals surface area (Å²) in [5.41, 5.74) is 2.73. The Morgan fingerprint density at radius 3 is 2.35 bits per heavy atom. The highest BCUT2D eigenvalue weighted by Gasteiger charge is 2.48. The van der Waals surface area contributed by atoms with Crippen LogP contribution in [-0.4, -0.2) is 47.3 Å². The SMILES string of the molecule is COc1ccc(C2(O)OC(=O)C(c3ccc4nsnc4c3)=C2Cc2cc(OC)c(OC)c(OC(C)C)c2)cc1F. The molecule has 40 heavy (non-hydrogen) atoms. The van der Waals surface area contributed by atoms with Crippen LogP contribution >= 0.6 is 11.7 Å². The van der Waals surface area contributed by atoms with E-state index < -0.39 is 17.6 Å². The summed E-state index contributed by atoms with van der Waals surface area (Å²) in [6.07, 6.45) is -0.148. The third-order valence-electron chi connectivity index (χ3n) is 6.49. The summed E-state index contributed by atoms with van der Waals surface area (Å²) < 4.78 is 51.0. The van der Waals surface area contributed by atoms with Gasteiger partial charge >= 0.3 is 5.97 Å². The van der Waals surface area contributed by atoms with Crippen molar-refractivity contribution < 1.29 is 38.0 Å². The number of ether oxygens (including phenoxy) is 5. The van der Waals surface area contributed by atoms with E-state index in [2.05, 4.69) is 8.75 Å². The minimum Gasteiger partial charge on any atom is -0.494 e. The molecular weight excluding hydrogens is 539 g/mol. The summed E-state index contributed by atoms with van der Waals surface area (Å²) >= 11 is 1.05. The van der Waals surface area contributed by atoms with E-state index in [1.54, 1.807) is 30.3 Å².